The first kappa shape index (κ1) is 28.2. The van der Waals surface area contributed by atoms with E-state index >= 15 is 0 Å². The maximum absolute atomic E-state index is 13.4. The van der Waals surface area contributed by atoms with Crippen molar-refractivity contribution in [3.63, 3.8) is 0 Å². The van der Waals surface area contributed by atoms with Crippen molar-refractivity contribution in [2.75, 3.05) is 32.6 Å². The lowest BCUT2D eigenvalue weighted by Gasteiger charge is -2.36. The molecule has 0 saturated heterocycles. The van der Waals surface area contributed by atoms with Gasteiger partial charge in [-0.05, 0) is 19.1 Å². The maximum atomic E-state index is 13.4. The second-order valence-corrected chi connectivity index (χ2v) is 11.3. The van der Waals surface area contributed by atoms with Crippen LogP contribution in [-0.4, -0.2) is 72.2 Å². The number of fused-ring (bicyclic) bond motifs is 2. The third kappa shape index (κ3) is 5.23. The Morgan fingerprint density at radius 1 is 1.11 bits per heavy atom. The smallest absolute Gasteiger partial charge is 0.249 e. The highest BCUT2D eigenvalue weighted by molar-refractivity contribution is 5.66. The van der Waals surface area contributed by atoms with E-state index in [-0.39, 0.29) is 18.8 Å². The minimum Gasteiger partial charge on any atom is -0.497 e. The number of nitrogens with one attached hydrogen (secondary N) is 1. The van der Waals surface area contributed by atoms with Crippen LogP contribution in [-0.2, 0) is 26.1 Å². The molecule has 1 saturated carbocycles. The topological polar surface area (TPSA) is 121 Å². The number of ether oxygens (including phenoxy) is 2. The number of imidazole rings is 1. The summed E-state index contributed by atoms with van der Waals surface area (Å²) in [6, 6.07) is 5.65. The van der Waals surface area contributed by atoms with Gasteiger partial charge in [0.05, 0.1) is 26.1 Å². The summed E-state index contributed by atoms with van der Waals surface area (Å²) in [6.45, 7) is 5.33. The minimum atomic E-state index is -2.56. The van der Waals surface area contributed by atoms with Crippen molar-refractivity contribution < 1.29 is 22.7 Å². The fourth-order valence-electron chi connectivity index (χ4n) is 6.01. The van der Waals surface area contributed by atoms with E-state index < -0.39 is 5.92 Å². The summed E-state index contributed by atoms with van der Waals surface area (Å²) in [7, 11) is 3.24. The van der Waals surface area contributed by atoms with E-state index in [9.17, 15) is 8.78 Å². The standard InChI is InChI=1S/C30H33F2N9O3/c1-18-25(28-33-7-11-44-28)37-29(35-15-19-4-5-22(42-2)12-23(19)43-3)41-26(18)36-24(38-41)6-8-39-9-10-40-21(17-39)16-34-27(40)20-13-30(31,32)14-20/h4-5,7,11-12,16,20H,6,8-10,13-15,17H2,1-3H3,(H,35,37). The summed E-state index contributed by atoms with van der Waals surface area (Å²) in [5.74, 6) is 1.05. The fraction of sp³-hybridized carbons (Fsp3) is 0.433. The Kier molecular flexibility index (Phi) is 7.15. The van der Waals surface area contributed by atoms with Crippen molar-refractivity contribution in [1.82, 2.24) is 39.0 Å². The van der Waals surface area contributed by atoms with Crippen LogP contribution >= 0.6 is 0 Å². The summed E-state index contributed by atoms with van der Waals surface area (Å²) in [5, 5.41) is 8.22. The first-order valence-electron chi connectivity index (χ1n) is 14.6. The molecule has 0 amide bonds. The van der Waals surface area contributed by atoms with Crippen LogP contribution in [0.3, 0.4) is 0 Å². The van der Waals surface area contributed by atoms with Gasteiger partial charge in [0.15, 0.2) is 11.5 Å². The minimum absolute atomic E-state index is 0.108. The molecule has 230 valence electrons. The molecule has 1 fully saturated rings. The number of rotatable bonds is 10. The molecular weight excluding hydrogens is 572 g/mol. The van der Waals surface area contributed by atoms with Gasteiger partial charge in [0.25, 0.3) is 0 Å². The van der Waals surface area contributed by atoms with Crippen LogP contribution in [0.5, 0.6) is 11.5 Å². The number of aromatic nitrogens is 7. The molecule has 14 heteroatoms. The molecule has 7 rings (SSSR count). The van der Waals surface area contributed by atoms with Crippen molar-refractivity contribution in [3.8, 4) is 23.1 Å². The van der Waals surface area contributed by atoms with Crippen LogP contribution in [0.2, 0.25) is 0 Å². The van der Waals surface area contributed by atoms with Crippen molar-refractivity contribution in [2.24, 2.45) is 0 Å². The van der Waals surface area contributed by atoms with Gasteiger partial charge in [0, 0.05) is 81.3 Å². The molecule has 0 spiro atoms. The Labute approximate surface area is 252 Å². The molecule has 5 heterocycles. The number of alkyl halides is 2. The molecule has 5 aromatic rings. The number of halogens is 2. The highest BCUT2D eigenvalue weighted by atomic mass is 19.3. The molecule has 12 nitrogen and oxygen atoms in total. The van der Waals surface area contributed by atoms with Gasteiger partial charge in [-0.3, -0.25) is 4.90 Å². The molecule has 1 aliphatic heterocycles. The van der Waals surface area contributed by atoms with Gasteiger partial charge >= 0.3 is 0 Å². The number of hydrogen-bond acceptors (Lipinski definition) is 10. The lowest BCUT2D eigenvalue weighted by Crippen LogP contribution is -2.38. The van der Waals surface area contributed by atoms with E-state index in [0.29, 0.717) is 60.0 Å². The monoisotopic (exact) mass is 605 g/mol. The van der Waals surface area contributed by atoms with Crippen LogP contribution in [0.15, 0.2) is 41.3 Å². The Morgan fingerprint density at radius 2 is 1.98 bits per heavy atom. The highest BCUT2D eigenvalue weighted by Gasteiger charge is 2.48. The summed E-state index contributed by atoms with van der Waals surface area (Å²) in [6.07, 6.45) is 5.33. The summed E-state index contributed by atoms with van der Waals surface area (Å²) in [4.78, 5) is 20.9. The maximum Gasteiger partial charge on any atom is 0.249 e. The van der Waals surface area contributed by atoms with Crippen molar-refractivity contribution in [2.45, 2.75) is 57.7 Å². The van der Waals surface area contributed by atoms with Gasteiger partial charge in [-0.25, -0.2) is 28.7 Å². The number of benzene rings is 1. The van der Waals surface area contributed by atoms with Crippen molar-refractivity contribution in [1.29, 1.82) is 0 Å². The van der Waals surface area contributed by atoms with Crippen LogP contribution in [0.1, 0.15) is 47.2 Å². The number of aryl methyl sites for hydroxylation is 1. The summed E-state index contributed by atoms with van der Waals surface area (Å²) in [5.41, 5.74) is 4.01. The molecule has 44 heavy (non-hydrogen) atoms. The predicted molar refractivity (Wildman–Crippen MR) is 156 cm³/mol. The Bertz CT molecular complexity index is 1790. The SMILES string of the molecule is COc1ccc(CNc2nc(-c3ncco3)c(C)c3nc(CCN4CCn5c(cnc5C5CC(F)(F)C5)C4)nn23)c(OC)c1. The average Bonchev–Trinajstić information content (AvgIpc) is 3.78. The molecule has 0 bridgehead atoms. The van der Waals surface area contributed by atoms with E-state index in [1.54, 1.807) is 24.9 Å². The zero-order valence-corrected chi connectivity index (χ0v) is 24.8. The van der Waals surface area contributed by atoms with Gasteiger partial charge in [0.2, 0.25) is 17.8 Å². The van der Waals surface area contributed by atoms with Crippen LogP contribution in [0.4, 0.5) is 14.7 Å². The molecular formula is C30H33F2N9O3. The molecule has 2 aliphatic rings. The Morgan fingerprint density at radius 3 is 2.73 bits per heavy atom. The van der Waals surface area contributed by atoms with Crippen LogP contribution in [0.25, 0.3) is 17.2 Å². The summed E-state index contributed by atoms with van der Waals surface area (Å²) >= 11 is 0. The fourth-order valence-corrected chi connectivity index (χ4v) is 6.01. The van der Waals surface area contributed by atoms with Gasteiger partial charge in [-0.15, -0.1) is 5.10 Å². The lowest BCUT2D eigenvalue weighted by atomic mass is 9.80. The Balaban J connectivity index is 1.10. The number of hydrogen-bond donors (Lipinski definition) is 1. The first-order valence-corrected chi connectivity index (χ1v) is 14.6. The predicted octanol–water partition coefficient (Wildman–Crippen LogP) is 4.48. The van der Waals surface area contributed by atoms with Crippen LogP contribution < -0.4 is 14.8 Å². The van der Waals surface area contributed by atoms with Crippen LogP contribution in [0, 0.1) is 6.92 Å². The third-order valence-electron chi connectivity index (χ3n) is 8.43. The lowest BCUT2D eigenvalue weighted by molar-refractivity contribution is -0.0893. The van der Waals surface area contributed by atoms with E-state index in [2.05, 4.69) is 24.8 Å². The Hall–Kier alpha value is -4.59. The quantitative estimate of drug-likeness (QED) is 0.244. The molecule has 1 aromatic carbocycles. The van der Waals surface area contributed by atoms with Crippen molar-refractivity contribution in [3.05, 3.63) is 65.3 Å². The number of anilines is 1. The second-order valence-electron chi connectivity index (χ2n) is 11.3. The van der Waals surface area contributed by atoms with E-state index in [1.807, 2.05) is 31.3 Å². The van der Waals surface area contributed by atoms with Gasteiger partial charge in [-0.1, -0.05) is 0 Å². The molecule has 0 atom stereocenters. The molecule has 1 N–H and O–H groups in total. The molecule has 1 aliphatic carbocycles. The van der Waals surface area contributed by atoms with E-state index in [1.165, 1.54) is 6.26 Å². The zero-order valence-electron chi connectivity index (χ0n) is 24.8. The number of nitrogens with zero attached hydrogens (tertiary/aromatic N) is 8. The largest absolute Gasteiger partial charge is 0.497 e. The number of oxazole rings is 1. The van der Waals surface area contributed by atoms with Gasteiger partial charge in [0.1, 0.15) is 29.3 Å². The second kappa shape index (κ2) is 11.2. The normalized spacial score (nSPS) is 16.6. The van der Waals surface area contributed by atoms with Gasteiger partial charge < -0.3 is 23.8 Å². The number of methoxy groups -OCH3 is 2. The van der Waals surface area contributed by atoms with Crippen molar-refractivity contribution >= 4 is 11.6 Å². The molecule has 0 unspecified atom stereocenters. The highest BCUT2D eigenvalue weighted by Crippen LogP contribution is 2.48. The van der Waals surface area contributed by atoms with E-state index in [4.69, 9.17) is 29.0 Å². The first-order chi connectivity index (χ1) is 21.3. The average molecular weight is 606 g/mol. The third-order valence-corrected chi connectivity index (χ3v) is 8.43. The van der Waals surface area contributed by atoms with Gasteiger partial charge in [-0.2, -0.15) is 4.52 Å². The molecule has 0 radical (unpaired) electrons. The van der Waals surface area contributed by atoms with E-state index in [0.717, 1.165) is 42.3 Å². The zero-order chi connectivity index (χ0) is 30.4. The molecule has 4 aromatic heterocycles. The summed E-state index contributed by atoms with van der Waals surface area (Å²) < 4.78 is 47.2.